The molecule has 0 unspecified atom stereocenters. The van der Waals surface area contributed by atoms with Gasteiger partial charge in [0, 0.05) is 5.69 Å². The van der Waals surface area contributed by atoms with Crippen LogP contribution in [0.2, 0.25) is 0 Å². The molecule has 1 aromatic rings. The molecule has 0 amide bonds. The van der Waals surface area contributed by atoms with Crippen LogP contribution in [0.1, 0.15) is 37.6 Å². The number of hydrogen-bond donors (Lipinski definition) is 1. The van der Waals surface area contributed by atoms with Crippen molar-refractivity contribution in [2.75, 3.05) is 19.7 Å². The lowest BCUT2D eigenvalue weighted by atomic mass is 9.95. The van der Waals surface area contributed by atoms with Gasteiger partial charge in [0.05, 0.1) is 12.3 Å². The Hall–Kier alpha value is -1.09. The van der Waals surface area contributed by atoms with E-state index in [1.807, 2.05) is 13.0 Å². The highest BCUT2D eigenvalue weighted by molar-refractivity contribution is 5.29. The number of piperidine rings is 1. The second kappa shape index (κ2) is 6.74. The summed E-state index contributed by atoms with van der Waals surface area (Å²) in [6.07, 6.45) is 4.68. The first kappa shape index (κ1) is 13.3. The largest absolute Gasteiger partial charge is 0.492 e. The molecule has 3 nitrogen and oxygen atoms in total. The minimum absolute atomic E-state index is 0.822. The fourth-order valence-corrected chi connectivity index (χ4v) is 2.49. The Bertz CT molecular complexity index is 373. The van der Waals surface area contributed by atoms with E-state index in [0.29, 0.717) is 0 Å². The molecule has 1 fully saturated rings. The molecular formula is C15H24N2O. The zero-order valence-corrected chi connectivity index (χ0v) is 11.5. The third-order valence-electron chi connectivity index (χ3n) is 3.65. The highest BCUT2D eigenvalue weighted by Gasteiger charge is 2.13. The van der Waals surface area contributed by atoms with Crippen LogP contribution >= 0.6 is 0 Å². The van der Waals surface area contributed by atoms with Crippen LogP contribution in [-0.4, -0.2) is 24.7 Å². The lowest BCUT2D eigenvalue weighted by molar-refractivity contribution is 0.249. The second-order valence-corrected chi connectivity index (χ2v) is 5.08. The van der Waals surface area contributed by atoms with Gasteiger partial charge in [0.15, 0.2) is 0 Å². The van der Waals surface area contributed by atoms with Crippen molar-refractivity contribution in [3.63, 3.8) is 0 Å². The van der Waals surface area contributed by atoms with Crippen LogP contribution in [0, 0.1) is 12.8 Å². The minimum Gasteiger partial charge on any atom is -0.492 e. The number of nitrogens with one attached hydrogen (secondary N) is 1. The van der Waals surface area contributed by atoms with Crippen molar-refractivity contribution >= 4 is 0 Å². The van der Waals surface area contributed by atoms with Crippen LogP contribution < -0.4 is 10.1 Å². The van der Waals surface area contributed by atoms with Gasteiger partial charge in [-0.05, 0) is 63.7 Å². The zero-order chi connectivity index (χ0) is 12.8. The van der Waals surface area contributed by atoms with E-state index in [2.05, 4.69) is 23.3 Å². The van der Waals surface area contributed by atoms with Gasteiger partial charge in [-0.25, -0.2) is 0 Å². The van der Waals surface area contributed by atoms with E-state index in [1.165, 1.54) is 19.3 Å². The standard InChI is InChI=1S/C15H24N2O/c1-3-14-15(5-4-12(2)17-14)18-11-8-13-6-9-16-10-7-13/h4-5,13,16H,3,6-11H2,1-2H3. The summed E-state index contributed by atoms with van der Waals surface area (Å²) in [7, 11) is 0. The maximum absolute atomic E-state index is 5.90. The number of nitrogens with zero attached hydrogens (tertiary/aromatic N) is 1. The van der Waals surface area contributed by atoms with E-state index in [4.69, 9.17) is 4.74 Å². The maximum Gasteiger partial charge on any atom is 0.140 e. The van der Waals surface area contributed by atoms with Crippen molar-refractivity contribution in [3.8, 4) is 5.75 Å². The van der Waals surface area contributed by atoms with E-state index < -0.39 is 0 Å². The summed E-state index contributed by atoms with van der Waals surface area (Å²) >= 11 is 0. The van der Waals surface area contributed by atoms with Crippen LogP contribution in [0.5, 0.6) is 5.75 Å². The summed E-state index contributed by atoms with van der Waals surface area (Å²) in [5, 5.41) is 3.40. The molecule has 0 aliphatic carbocycles. The number of ether oxygens (including phenoxy) is 1. The summed E-state index contributed by atoms with van der Waals surface area (Å²) < 4.78 is 5.90. The lowest BCUT2D eigenvalue weighted by Gasteiger charge is -2.22. The van der Waals surface area contributed by atoms with E-state index >= 15 is 0 Å². The third-order valence-corrected chi connectivity index (χ3v) is 3.65. The normalized spacial score (nSPS) is 16.8. The SMILES string of the molecule is CCc1nc(C)ccc1OCCC1CCNCC1. The molecule has 2 heterocycles. The number of rotatable bonds is 5. The molecule has 2 rings (SSSR count). The fraction of sp³-hybridized carbons (Fsp3) is 0.667. The molecule has 3 heteroatoms. The van der Waals surface area contributed by atoms with Crippen molar-refractivity contribution in [3.05, 3.63) is 23.5 Å². The molecule has 0 aromatic carbocycles. The van der Waals surface area contributed by atoms with Gasteiger partial charge >= 0.3 is 0 Å². The topological polar surface area (TPSA) is 34.1 Å². The quantitative estimate of drug-likeness (QED) is 0.870. The van der Waals surface area contributed by atoms with Crippen molar-refractivity contribution in [2.45, 2.75) is 39.5 Å². The Morgan fingerprint density at radius 1 is 1.33 bits per heavy atom. The Morgan fingerprint density at radius 2 is 2.11 bits per heavy atom. The molecule has 100 valence electrons. The molecular weight excluding hydrogens is 224 g/mol. The summed E-state index contributed by atoms with van der Waals surface area (Å²) in [6.45, 7) is 7.30. The van der Waals surface area contributed by atoms with Gasteiger partial charge < -0.3 is 10.1 Å². The summed E-state index contributed by atoms with van der Waals surface area (Å²) in [5.74, 6) is 1.80. The molecule has 0 atom stereocenters. The van der Waals surface area contributed by atoms with E-state index in [1.54, 1.807) is 0 Å². The zero-order valence-electron chi connectivity index (χ0n) is 11.5. The first-order valence-electron chi connectivity index (χ1n) is 7.09. The van der Waals surface area contributed by atoms with Gasteiger partial charge in [0.1, 0.15) is 5.75 Å². The van der Waals surface area contributed by atoms with Crippen molar-refractivity contribution in [1.82, 2.24) is 10.3 Å². The third kappa shape index (κ3) is 3.70. The first-order valence-corrected chi connectivity index (χ1v) is 7.09. The fourth-order valence-electron chi connectivity index (χ4n) is 2.49. The molecule has 1 N–H and O–H groups in total. The maximum atomic E-state index is 5.90. The highest BCUT2D eigenvalue weighted by Crippen LogP contribution is 2.20. The molecule has 0 saturated carbocycles. The van der Waals surface area contributed by atoms with Gasteiger partial charge in [-0.2, -0.15) is 0 Å². The lowest BCUT2D eigenvalue weighted by Crippen LogP contribution is -2.28. The Kier molecular flexibility index (Phi) is 5.00. The molecule has 18 heavy (non-hydrogen) atoms. The predicted octanol–water partition coefficient (Wildman–Crippen LogP) is 2.72. The van der Waals surface area contributed by atoms with Crippen LogP contribution in [0.3, 0.4) is 0 Å². The van der Waals surface area contributed by atoms with Gasteiger partial charge in [0.2, 0.25) is 0 Å². The molecule has 1 saturated heterocycles. The summed E-state index contributed by atoms with van der Waals surface area (Å²) in [5.41, 5.74) is 2.15. The van der Waals surface area contributed by atoms with Crippen LogP contribution in [0.25, 0.3) is 0 Å². The summed E-state index contributed by atoms with van der Waals surface area (Å²) in [6, 6.07) is 4.09. The van der Waals surface area contributed by atoms with E-state index in [0.717, 1.165) is 49.2 Å². The highest BCUT2D eigenvalue weighted by atomic mass is 16.5. The van der Waals surface area contributed by atoms with Gasteiger partial charge in [0.25, 0.3) is 0 Å². The van der Waals surface area contributed by atoms with Crippen molar-refractivity contribution in [1.29, 1.82) is 0 Å². The van der Waals surface area contributed by atoms with Crippen LogP contribution in [-0.2, 0) is 6.42 Å². The molecule has 0 spiro atoms. The van der Waals surface area contributed by atoms with Crippen LogP contribution in [0.15, 0.2) is 12.1 Å². The minimum atomic E-state index is 0.822. The first-order chi connectivity index (χ1) is 8.79. The van der Waals surface area contributed by atoms with Gasteiger partial charge in [-0.3, -0.25) is 4.98 Å². The van der Waals surface area contributed by atoms with Gasteiger partial charge in [-0.1, -0.05) is 6.92 Å². The Balaban J connectivity index is 1.82. The molecule has 1 aromatic heterocycles. The second-order valence-electron chi connectivity index (χ2n) is 5.08. The van der Waals surface area contributed by atoms with E-state index in [-0.39, 0.29) is 0 Å². The predicted molar refractivity (Wildman–Crippen MR) is 74.1 cm³/mol. The smallest absolute Gasteiger partial charge is 0.140 e. The Morgan fingerprint density at radius 3 is 2.83 bits per heavy atom. The Labute approximate surface area is 110 Å². The average molecular weight is 248 g/mol. The molecule has 1 aliphatic heterocycles. The number of hydrogen-bond acceptors (Lipinski definition) is 3. The number of aromatic nitrogens is 1. The number of pyridine rings is 1. The number of aryl methyl sites for hydroxylation is 2. The van der Waals surface area contributed by atoms with Crippen LogP contribution in [0.4, 0.5) is 0 Å². The van der Waals surface area contributed by atoms with E-state index in [9.17, 15) is 0 Å². The monoisotopic (exact) mass is 248 g/mol. The summed E-state index contributed by atoms with van der Waals surface area (Å²) in [4.78, 5) is 4.52. The van der Waals surface area contributed by atoms with Gasteiger partial charge in [-0.15, -0.1) is 0 Å². The molecule has 0 radical (unpaired) electrons. The average Bonchev–Trinajstić information content (AvgIpc) is 2.41. The van der Waals surface area contributed by atoms with Crippen molar-refractivity contribution in [2.24, 2.45) is 5.92 Å². The molecule has 1 aliphatic rings. The van der Waals surface area contributed by atoms with Crippen molar-refractivity contribution < 1.29 is 4.74 Å². The molecule has 0 bridgehead atoms.